The molecule has 2 heterocycles. The number of aryl methyl sites for hydroxylation is 2. The minimum Gasteiger partial charge on any atom is -0.465 e. The highest BCUT2D eigenvalue weighted by atomic mass is 32.1. The second-order valence-corrected chi connectivity index (χ2v) is 5.60. The van der Waals surface area contributed by atoms with Crippen LogP contribution in [0.15, 0.2) is 12.3 Å². The Bertz CT molecular complexity index is 647. The third kappa shape index (κ3) is 2.32. The quantitative estimate of drug-likeness (QED) is 0.842. The van der Waals surface area contributed by atoms with E-state index in [1.807, 2.05) is 0 Å². The van der Waals surface area contributed by atoms with Crippen LogP contribution < -0.4 is 11.1 Å². The third-order valence-corrected chi connectivity index (χ3v) is 4.24. The maximum atomic E-state index is 11.6. The maximum Gasteiger partial charge on any atom is 0.340 e. The second-order valence-electron chi connectivity index (χ2n) is 4.52. The highest BCUT2D eigenvalue weighted by Gasteiger charge is 2.17. The van der Waals surface area contributed by atoms with E-state index in [-0.39, 0.29) is 0 Å². The van der Waals surface area contributed by atoms with E-state index in [0.717, 1.165) is 18.0 Å². The van der Waals surface area contributed by atoms with Crippen molar-refractivity contribution < 1.29 is 9.53 Å². The van der Waals surface area contributed by atoms with Crippen LogP contribution in [0.2, 0.25) is 0 Å². The molecule has 6 nitrogen and oxygen atoms in total. The molecule has 0 saturated carbocycles. The molecule has 0 spiro atoms. The topological polar surface area (TPSA) is 90.1 Å². The van der Waals surface area contributed by atoms with Crippen molar-refractivity contribution in [2.75, 3.05) is 18.2 Å². The molecule has 1 aliphatic carbocycles. The van der Waals surface area contributed by atoms with Crippen LogP contribution in [0.3, 0.4) is 0 Å². The number of fused-ring (bicyclic) bond motifs is 1. The summed E-state index contributed by atoms with van der Waals surface area (Å²) in [6.45, 7) is 0. The Morgan fingerprint density at radius 2 is 2.35 bits per heavy atom. The van der Waals surface area contributed by atoms with Crippen LogP contribution in [-0.4, -0.2) is 23.0 Å². The fourth-order valence-electron chi connectivity index (χ4n) is 2.17. The summed E-state index contributed by atoms with van der Waals surface area (Å²) in [5.41, 5.74) is 7.48. The van der Waals surface area contributed by atoms with E-state index < -0.39 is 5.97 Å². The Hall–Kier alpha value is -2.15. The number of carbonyl (C=O) groups excluding carboxylic acids is 1. The van der Waals surface area contributed by atoms with Crippen LogP contribution in [0.25, 0.3) is 0 Å². The van der Waals surface area contributed by atoms with Gasteiger partial charge < -0.3 is 15.8 Å². The average molecular weight is 290 g/mol. The first-order chi connectivity index (χ1) is 9.67. The molecule has 1 aliphatic rings. The van der Waals surface area contributed by atoms with Crippen LogP contribution in [0.1, 0.15) is 27.3 Å². The van der Waals surface area contributed by atoms with E-state index in [9.17, 15) is 4.79 Å². The second kappa shape index (κ2) is 5.09. The molecule has 0 saturated heterocycles. The van der Waals surface area contributed by atoms with E-state index >= 15 is 0 Å². The molecular formula is C13H14N4O2S. The zero-order valence-corrected chi connectivity index (χ0v) is 11.8. The summed E-state index contributed by atoms with van der Waals surface area (Å²) in [4.78, 5) is 21.6. The Morgan fingerprint density at radius 1 is 1.50 bits per heavy atom. The van der Waals surface area contributed by atoms with Crippen molar-refractivity contribution in [1.29, 1.82) is 0 Å². The molecule has 20 heavy (non-hydrogen) atoms. The number of thiazole rings is 1. The number of rotatable bonds is 3. The molecule has 0 bridgehead atoms. The Balaban J connectivity index is 1.85. The van der Waals surface area contributed by atoms with Crippen molar-refractivity contribution in [1.82, 2.24) is 9.97 Å². The van der Waals surface area contributed by atoms with Gasteiger partial charge in [-0.25, -0.2) is 14.8 Å². The number of hydrogen-bond acceptors (Lipinski definition) is 7. The molecule has 2 aromatic rings. The number of pyridine rings is 1. The number of nitrogens with two attached hydrogens (primary N) is 1. The van der Waals surface area contributed by atoms with Gasteiger partial charge in [-0.3, -0.25) is 0 Å². The lowest BCUT2D eigenvalue weighted by atomic mass is 10.2. The molecule has 0 unspecified atom stereocenters. The number of carbonyl (C=O) groups is 1. The fourth-order valence-corrected chi connectivity index (χ4v) is 3.23. The van der Waals surface area contributed by atoms with Crippen LogP contribution in [0.4, 0.5) is 16.6 Å². The molecule has 3 N–H and O–H groups in total. The predicted octanol–water partition coefficient (Wildman–Crippen LogP) is 2.14. The molecular weight excluding hydrogens is 276 g/mol. The molecule has 0 aromatic carbocycles. The van der Waals surface area contributed by atoms with E-state index in [2.05, 4.69) is 20.0 Å². The number of nitrogens with zero attached hydrogens (tertiary/aromatic N) is 2. The summed E-state index contributed by atoms with van der Waals surface area (Å²) in [5, 5.41) is 3.91. The van der Waals surface area contributed by atoms with Crippen molar-refractivity contribution >= 4 is 33.9 Å². The number of ether oxygens (including phenoxy) is 1. The SMILES string of the molecule is COC(=O)c1cc(Nc2nc3c(s2)CCC3)ncc1N. The summed E-state index contributed by atoms with van der Waals surface area (Å²) < 4.78 is 4.68. The molecule has 2 aromatic heterocycles. The normalized spacial score (nSPS) is 13.1. The van der Waals surface area contributed by atoms with Crippen LogP contribution in [0.5, 0.6) is 0 Å². The summed E-state index contributed by atoms with van der Waals surface area (Å²) in [5.74, 6) is 0.0570. The number of hydrogen-bond donors (Lipinski definition) is 2. The molecule has 7 heteroatoms. The molecule has 104 valence electrons. The zero-order valence-electron chi connectivity index (χ0n) is 11.0. The number of nitrogens with one attached hydrogen (secondary N) is 1. The highest BCUT2D eigenvalue weighted by molar-refractivity contribution is 7.15. The predicted molar refractivity (Wildman–Crippen MR) is 77.4 cm³/mol. The van der Waals surface area contributed by atoms with Gasteiger partial charge in [0.1, 0.15) is 5.82 Å². The fraction of sp³-hybridized carbons (Fsp3) is 0.308. The first-order valence-electron chi connectivity index (χ1n) is 6.27. The molecule has 0 fully saturated rings. The summed E-state index contributed by atoms with van der Waals surface area (Å²) >= 11 is 1.63. The van der Waals surface area contributed by atoms with Crippen molar-refractivity contribution in [2.45, 2.75) is 19.3 Å². The number of nitrogen functional groups attached to an aromatic ring is 1. The van der Waals surface area contributed by atoms with Gasteiger partial charge >= 0.3 is 5.97 Å². The lowest BCUT2D eigenvalue weighted by molar-refractivity contribution is 0.0602. The maximum absolute atomic E-state index is 11.6. The van der Waals surface area contributed by atoms with E-state index in [1.165, 1.54) is 30.3 Å². The number of methoxy groups -OCH3 is 1. The third-order valence-electron chi connectivity index (χ3n) is 3.17. The van der Waals surface area contributed by atoms with Gasteiger partial charge in [0.2, 0.25) is 0 Å². The monoisotopic (exact) mass is 290 g/mol. The van der Waals surface area contributed by atoms with Crippen molar-refractivity contribution in [3.63, 3.8) is 0 Å². The van der Waals surface area contributed by atoms with Crippen LogP contribution >= 0.6 is 11.3 Å². The van der Waals surface area contributed by atoms with Gasteiger partial charge in [-0.05, 0) is 25.3 Å². The molecule has 3 rings (SSSR count). The highest BCUT2D eigenvalue weighted by Crippen LogP contribution is 2.32. The Morgan fingerprint density at radius 3 is 3.10 bits per heavy atom. The van der Waals surface area contributed by atoms with E-state index in [0.29, 0.717) is 17.1 Å². The van der Waals surface area contributed by atoms with Gasteiger partial charge in [-0.1, -0.05) is 0 Å². The van der Waals surface area contributed by atoms with Crippen molar-refractivity contribution in [3.8, 4) is 0 Å². The van der Waals surface area contributed by atoms with Gasteiger partial charge in [0, 0.05) is 4.88 Å². The Kier molecular flexibility index (Phi) is 3.27. The van der Waals surface area contributed by atoms with E-state index in [1.54, 1.807) is 17.4 Å². The minimum atomic E-state index is -0.477. The summed E-state index contributed by atoms with van der Waals surface area (Å²) in [7, 11) is 1.32. The molecule has 0 atom stereocenters. The van der Waals surface area contributed by atoms with Crippen LogP contribution in [-0.2, 0) is 17.6 Å². The van der Waals surface area contributed by atoms with Gasteiger partial charge in [0.25, 0.3) is 0 Å². The molecule has 0 radical (unpaired) electrons. The number of aromatic nitrogens is 2. The average Bonchev–Trinajstić information content (AvgIpc) is 3.01. The largest absolute Gasteiger partial charge is 0.465 e. The first-order valence-corrected chi connectivity index (χ1v) is 7.08. The molecule has 0 amide bonds. The van der Waals surface area contributed by atoms with Crippen LogP contribution in [0, 0.1) is 0 Å². The van der Waals surface area contributed by atoms with Gasteiger partial charge in [0.15, 0.2) is 5.13 Å². The summed E-state index contributed by atoms with van der Waals surface area (Å²) in [6, 6.07) is 1.58. The lowest BCUT2D eigenvalue weighted by Gasteiger charge is -2.06. The minimum absolute atomic E-state index is 0.295. The lowest BCUT2D eigenvalue weighted by Crippen LogP contribution is -2.07. The van der Waals surface area contributed by atoms with Gasteiger partial charge in [-0.2, -0.15) is 0 Å². The van der Waals surface area contributed by atoms with E-state index in [4.69, 9.17) is 5.73 Å². The standard InChI is InChI=1S/C13H14N4O2S/c1-19-12(18)7-5-11(15-6-8(7)14)17-13-16-9-3-2-4-10(9)20-13/h5-6H,2-4,14H2,1H3,(H,15,16,17). The Labute approximate surface area is 120 Å². The van der Waals surface area contributed by atoms with Gasteiger partial charge in [0.05, 0.1) is 30.3 Å². The number of anilines is 3. The molecule has 0 aliphatic heterocycles. The smallest absolute Gasteiger partial charge is 0.340 e. The summed E-state index contributed by atoms with van der Waals surface area (Å²) in [6.07, 6.45) is 4.75. The first kappa shape index (κ1) is 12.9. The van der Waals surface area contributed by atoms with Gasteiger partial charge in [-0.15, -0.1) is 11.3 Å². The van der Waals surface area contributed by atoms with Crippen molar-refractivity contribution in [2.24, 2.45) is 0 Å². The number of esters is 1. The van der Waals surface area contributed by atoms with Crippen molar-refractivity contribution in [3.05, 3.63) is 28.4 Å². The zero-order chi connectivity index (χ0) is 14.1.